The Kier molecular flexibility index (Phi) is 3.38. The number of ether oxygens (including phenoxy) is 1. The van der Waals surface area contributed by atoms with Gasteiger partial charge in [0.2, 0.25) is 0 Å². The summed E-state index contributed by atoms with van der Waals surface area (Å²) >= 11 is 0. The Labute approximate surface area is 63.5 Å². The van der Waals surface area contributed by atoms with Crippen molar-refractivity contribution in [1.82, 2.24) is 0 Å². The molecule has 0 saturated heterocycles. The fourth-order valence-electron chi connectivity index (χ4n) is 0.519. The van der Waals surface area contributed by atoms with Gasteiger partial charge in [0.25, 0.3) is 5.92 Å². The van der Waals surface area contributed by atoms with Gasteiger partial charge in [-0.1, -0.05) is 6.92 Å². The maximum absolute atomic E-state index is 12.6. The zero-order valence-electron chi connectivity index (χ0n) is 6.43. The van der Waals surface area contributed by atoms with Crippen molar-refractivity contribution < 1.29 is 18.3 Å². The molecule has 0 aliphatic heterocycles. The lowest BCUT2D eigenvalue weighted by Crippen LogP contribution is -2.47. The molecule has 0 saturated carbocycles. The van der Waals surface area contributed by atoms with Crippen LogP contribution >= 0.6 is 0 Å². The number of carbonyl (C=O) groups is 1. The first kappa shape index (κ1) is 10.3. The van der Waals surface area contributed by atoms with Crippen molar-refractivity contribution in [3.8, 4) is 0 Å². The van der Waals surface area contributed by atoms with Crippen LogP contribution in [-0.2, 0) is 9.53 Å². The molecule has 0 fully saturated rings. The molecular weight excluding hydrogens is 156 g/mol. The summed E-state index contributed by atoms with van der Waals surface area (Å²) in [5.41, 5.74) is 4.89. The minimum absolute atomic E-state index is 0.469. The Morgan fingerprint density at radius 3 is 2.45 bits per heavy atom. The highest BCUT2D eigenvalue weighted by Crippen LogP contribution is 2.21. The molecule has 3 nitrogen and oxygen atoms in total. The van der Waals surface area contributed by atoms with Crippen molar-refractivity contribution in [1.29, 1.82) is 0 Å². The van der Waals surface area contributed by atoms with E-state index in [2.05, 4.69) is 4.74 Å². The largest absolute Gasteiger partial charge is 0.468 e. The Morgan fingerprint density at radius 2 is 2.18 bits per heavy atom. The molecule has 0 aliphatic rings. The Bertz CT molecular complexity index is 150. The lowest BCUT2D eigenvalue weighted by Gasteiger charge is -2.19. The smallest absolute Gasteiger partial charge is 0.328 e. The van der Waals surface area contributed by atoms with Crippen LogP contribution in [0.2, 0.25) is 0 Å². The van der Waals surface area contributed by atoms with Gasteiger partial charge in [0.05, 0.1) is 7.11 Å². The Balaban J connectivity index is 4.22. The van der Waals surface area contributed by atoms with Crippen LogP contribution in [0.4, 0.5) is 8.78 Å². The number of hydrogen-bond acceptors (Lipinski definition) is 3. The molecule has 11 heavy (non-hydrogen) atoms. The predicted octanol–water partition coefficient (Wildman–Crippen LogP) is 0.532. The fourth-order valence-corrected chi connectivity index (χ4v) is 0.519. The van der Waals surface area contributed by atoms with E-state index in [9.17, 15) is 13.6 Å². The van der Waals surface area contributed by atoms with E-state index in [0.717, 1.165) is 7.11 Å². The summed E-state index contributed by atoms with van der Waals surface area (Å²) in [4.78, 5) is 10.5. The van der Waals surface area contributed by atoms with Crippen molar-refractivity contribution >= 4 is 5.97 Å². The highest BCUT2D eigenvalue weighted by atomic mass is 19.3. The van der Waals surface area contributed by atoms with Crippen LogP contribution in [0.15, 0.2) is 0 Å². The molecule has 0 unspecified atom stereocenters. The van der Waals surface area contributed by atoms with Gasteiger partial charge in [-0.25, -0.2) is 8.78 Å². The molecule has 66 valence electrons. The molecule has 0 aromatic carbocycles. The maximum atomic E-state index is 12.6. The summed E-state index contributed by atoms with van der Waals surface area (Å²) in [5, 5.41) is 0. The number of carbonyl (C=O) groups excluding carboxylic acids is 1. The van der Waals surface area contributed by atoms with E-state index < -0.39 is 24.4 Å². The summed E-state index contributed by atoms with van der Waals surface area (Å²) in [6.45, 7) is 1.25. The first-order chi connectivity index (χ1) is 4.95. The van der Waals surface area contributed by atoms with Crippen molar-refractivity contribution in [3.63, 3.8) is 0 Å². The van der Waals surface area contributed by atoms with Crippen molar-refractivity contribution in [3.05, 3.63) is 0 Å². The van der Waals surface area contributed by atoms with Gasteiger partial charge in [0, 0.05) is 6.42 Å². The van der Waals surface area contributed by atoms with Crippen LogP contribution < -0.4 is 5.73 Å². The van der Waals surface area contributed by atoms with E-state index in [1.54, 1.807) is 0 Å². The zero-order valence-corrected chi connectivity index (χ0v) is 6.43. The molecular formula is C6H11F2NO2. The minimum atomic E-state index is -3.17. The summed E-state index contributed by atoms with van der Waals surface area (Å²) < 4.78 is 29.2. The highest BCUT2D eigenvalue weighted by molar-refractivity contribution is 5.76. The molecule has 0 heterocycles. The molecule has 2 N–H and O–H groups in total. The van der Waals surface area contributed by atoms with E-state index in [1.807, 2.05) is 0 Å². The summed E-state index contributed by atoms with van der Waals surface area (Å²) in [5.74, 6) is -4.26. The standard InChI is InChI=1S/C6H11F2NO2/c1-3-6(7,8)4(9)5(10)11-2/h4H,3,9H2,1-2H3/t4-/m0/s1. The monoisotopic (exact) mass is 167 g/mol. The number of nitrogens with two attached hydrogens (primary N) is 1. The molecule has 0 radical (unpaired) electrons. The fraction of sp³-hybridized carbons (Fsp3) is 0.833. The molecule has 5 heteroatoms. The lowest BCUT2D eigenvalue weighted by molar-refractivity contribution is -0.152. The third-order valence-electron chi connectivity index (χ3n) is 1.38. The van der Waals surface area contributed by atoms with Crippen molar-refractivity contribution in [2.75, 3.05) is 7.11 Å². The minimum Gasteiger partial charge on any atom is -0.468 e. The SMILES string of the molecule is CCC(F)(F)[C@@H](N)C(=O)OC. The Morgan fingerprint density at radius 1 is 1.73 bits per heavy atom. The molecule has 0 bridgehead atoms. The topological polar surface area (TPSA) is 52.3 Å². The van der Waals surface area contributed by atoms with Crippen LogP contribution in [-0.4, -0.2) is 25.0 Å². The first-order valence-electron chi connectivity index (χ1n) is 3.17. The van der Waals surface area contributed by atoms with Crippen LogP contribution in [0.25, 0.3) is 0 Å². The van der Waals surface area contributed by atoms with Crippen LogP contribution in [0.1, 0.15) is 13.3 Å². The van der Waals surface area contributed by atoms with E-state index >= 15 is 0 Å². The predicted molar refractivity (Wildman–Crippen MR) is 35.2 cm³/mol. The van der Waals surface area contributed by atoms with Gasteiger partial charge in [-0.05, 0) is 0 Å². The molecule has 0 aromatic heterocycles. The van der Waals surface area contributed by atoms with Crippen LogP contribution in [0.5, 0.6) is 0 Å². The molecule has 1 atom stereocenters. The number of esters is 1. The third-order valence-corrected chi connectivity index (χ3v) is 1.38. The van der Waals surface area contributed by atoms with Crippen molar-refractivity contribution in [2.24, 2.45) is 5.73 Å². The van der Waals surface area contributed by atoms with E-state index in [0.29, 0.717) is 0 Å². The molecule has 0 aliphatic carbocycles. The number of rotatable bonds is 3. The summed E-state index contributed by atoms with van der Waals surface area (Å²) in [7, 11) is 1.02. The quantitative estimate of drug-likeness (QED) is 0.624. The average molecular weight is 167 g/mol. The van der Waals surface area contributed by atoms with E-state index in [-0.39, 0.29) is 0 Å². The number of alkyl halides is 2. The first-order valence-corrected chi connectivity index (χ1v) is 3.17. The number of hydrogen-bond donors (Lipinski definition) is 1. The number of halogens is 2. The summed E-state index contributed by atoms with van der Waals surface area (Å²) in [6.07, 6.45) is -0.469. The second-order valence-electron chi connectivity index (χ2n) is 2.12. The average Bonchev–Trinajstić information content (AvgIpc) is 2.01. The van der Waals surface area contributed by atoms with Gasteiger partial charge < -0.3 is 10.5 Å². The van der Waals surface area contributed by atoms with Crippen LogP contribution in [0.3, 0.4) is 0 Å². The normalized spacial score (nSPS) is 14.3. The molecule has 0 aromatic rings. The Hall–Kier alpha value is -0.710. The molecule has 0 amide bonds. The van der Waals surface area contributed by atoms with Gasteiger partial charge in [-0.15, -0.1) is 0 Å². The highest BCUT2D eigenvalue weighted by Gasteiger charge is 2.40. The van der Waals surface area contributed by atoms with Gasteiger partial charge in [0.1, 0.15) is 0 Å². The maximum Gasteiger partial charge on any atom is 0.328 e. The second-order valence-corrected chi connectivity index (χ2v) is 2.12. The number of methoxy groups -OCH3 is 1. The second kappa shape index (κ2) is 3.61. The molecule has 0 spiro atoms. The van der Waals surface area contributed by atoms with E-state index in [1.165, 1.54) is 6.92 Å². The van der Waals surface area contributed by atoms with Gasteiger partial charge >= 0.3 is 5.97 Å². The molecule has 0 rings (SSSR count). The van der Waals surface area contributed by atoms with Gasteiger partial charge in [0.15, 0.2) is 6.04 Å². The lowest BCUT2D eigenvalue weighted by atomic mass is 10.1. The van der Waals surface area contributed by atoms with E-state index in [4.69, 9.17) is 5.73 Å². The zero-order chi connectivity index (χ0) is 9.07. The van der Waals surface area contributed by atoms with Gasteiger partial charge in [-0.2, -0.15) is 0 Å². The van der Waals surface area contributed by atoms with Crippen molar-refractivity contribution in [2.45, 2.75) is 25.3 Å². The van der Waals surface area contributed by atoms with Crippen LogP contribution in [0, 0.1) is 0 Å². The summed E-state index contributed by atoms with van der Waals surface area (Å²) in [6, 6.07) is -1.85. The van der Waals surface area contributed by atoms with Gasteiger partial charge in [-0.3, -0.25) is 4.79 Å². The third kappa shape index (κ3) is 2.42.